The largest absolute Gasteiger partial charge is 0.301 e. The standard InChI is InChI=1S/C11H20ClN5/c1-15-11(13-10-14-15)9-17-5-2-4-16(6-3-12)7-8-17/h10H,2-9H2,1H3. The third kappa shape index (κ3) is 3.66. The number of aryl methyl sites for hydroxylation is 1. The number of hydrogen-bond donors (Lipinski definition) is 0. The Hall–Kier alpha value is -0.650. The summed E-state index contributed by atoms with van der Waals surface area (Å²) in [5, 5.41) is 4.10. The summed E-state index contributed by atoms with van der Waals surface area (Å²) in [6, 6.07) is 0. The molecule has 5 nitrogen and oxygen atoms in total. The zero-order valence-electron chi connectivity index (χ0n) is 10.3. The average molecular weight is 258 g/mol. The average Bonchev–Trinajstić information content (AvgIpc) is 2.59. The SMILES string of the molecule is Cn1ncnc1CN1CCCN(CCCl)CC1. The van der Waals surface area contributed by atoms with Gasteiger partial charge >= 0.3 is 0 Å². The van der Waals surface area contributed by atoms with E-state index in [0.29, 0.717) is 0 Å². The van der Waals surface area contributed by atoms with E-state index in [9.17, 15) is 0 Å². The predicted octanol–water partition coefficient (Wildman–Crippen LogP) is 0.562. The summed E-state index contributed by atoms with van der Waals surface area (Å²) in [5.74, 6) is 1.76. The van der Waals surface area contributed by atoms with E-state index in [-0.39, 0.29) is 0 Å². The van der Waals surface area contributed by atoms with Crippen LogP contribution in [0, 0.1) is 0 Å². The van der Waals surface area contributed by atoms with Gasteiger partial charge in [-0.1, -0.05) is 0 Å². The van der Waals surface area contributed by atoms with Crippen LogP contribution in [0.3, 0.4) is 0 Å². The Kier molecular flexibility index (Phi) is 4.76. The van der Waals surface area contributed by atoms with E-state index < -0.39 is 0 Å². The van der Waals surface area contributed by atoms with Gasteiger partial charge in [0.1, 0.15) is 12.2 Å². The van der Waals surface area contributed by atoms with Gasteiger partial charge in [0.15, 0.2) is 0 Å². The lowest BCUT2D eigenvalue weighted by molar-refractivity contribution is 0.251. The maximum atomic E-state index is 5.78. The first-order chi connectivity index (χ1) is 8.29. The van der Waals surface area contributed by atoms with Gasteiger partial charge in [-0.05, 0) is 19.5 Å². The summed E-state index contributed by atoms with van der Waals surface area (Å²) in [6.07, 6.45) is 2.82. The van der Waals surface area contributed by atoms with Gasteiger partial charge < -0.3 is 4.90 Å². The molecule has 0 aliphatic carbocycles. The lowest BCUT2D eigenvalue weighted by Gasteiger charge is -2.20. The van der Waals surface area contributed by atoms with Crippen LogP contribution in [0.1, 0.15) is 12.2 Å². The van der Waals surface area contributed by atoms with Gasteiger partial charge in [0.05, 0.1) is 6.54 Å². The highest BCUT2D eigenvalue weighted by atomic mass is 35.5. The van der Waals surface area contributed by atoms with E-state index >= 15 is 0 Å². The number of halogens is 1. The van der Waals surface area contributed by atoms with Crippen molar-refractivity contribution in [2.45, 2.75) is 13.0 Å². The lowest BCUT2D eigenvalue weighted by atomic mass is 10.4. The van der Waals surface area contributed by atoms with Gasteiger partial charge in [-0.3, -0.25) is 9.58 Å². The van der Waals surface area contributed by atoms with Crippen molar-refractivity contribution in [3.05, 3.63) is 12.2 Å². The fourth-order valence-corrected chi connectivity index (χ4v) is 2.43. The van der Waals surface area contributed by atoms with Crippen LogP contribution in [0.5, 0.6) is 0 Å². The second kappa shape index (κ2) is 6.33. The van der Waals surface area contributed by atoms with Crippen molar-refractivity contribution in [2.75, 3.05) is 38.6 Å². The highest BCUT2D eigenvalue weighted by Crippen LogP contribution is 2.06. The van der Waals surface area contributed by atoms with Crippen LogP contribution in [0.25, 0.3) is 0 Å². The molecule has 0 spiro atoms. The highest BCUT2D eigenvalue weighted by molar-refractivity contribution is 6.18. The van der Waals surface area contributed by atoms with Crippen LogP contribution >= 0.6 is 11.6 Å². The van der Waals surface area contributed by atoms with Gasteiger partial charge in [0, 0.05) is 32.6 Å². The predicted molar refractivity (Wildman–Crippen MR) is 68.1 cm³/mol. The van der Waals surface area contributed by atoms with Gasteiger partial charge in [-0.25, -0.2) is 4.98 Å². The van der Waals surface area contributed by atoms with Crippen molar-refractivity contribution in [2.24, 2.45) is 7.05 Å². The molecule has 17 heavy (non-hydrogen) atoms. The summed E-state index contributed by atoms with van der Waals surface area (Å²) < 4.78 is 1.85. The first kappa shape index (κ1) is 12.8. The number of nitrogens with zero attached hydrogens (tertiary/aromatic N) is 5. The first-order valence-electron chi connectivity index (χ1n) is 6.13. The van der Waals surface area contributed by atoms with Crippen LogP contribution in [-0.2, 0) is 13.6 Å². The minimum absolute atomic E-state index is 0.725. The van der Waals surface area contributed by atoms with Gasteiger partial charge in [-0.2, -0.15) is 5.10 Å². The third-order valence-corrected chi connectivity index (χ3v) is 3.42. The van der Waals surface area contributed by atoms with Crippen LogP contribution < -0.4 is 0 Å². The Labute approximate surface area is 107 Å². The molecule has 0 bridgehead atoms. The number of rotatable bonds is 4. The summed E-state index contributed by atoms with van der Waals surface area (Å²) in [5.41, 5.74) is 0. The van der Waals surface area contributed by atoms with Crippen LogP contribution in [-0.4, -0.2) is 63.2 Å². The van der Waals surface area contributed by atoms with Crippen molar-refractivity contribution in [3.63, 3.8) is 0 Å². The molecule has 0 amide bonds. The van der Waals surface area contributed by atoms with E-state index in [4.69, 9.17) is 11.6 Å². The van der Waals surface area contributed by atoms with Crippen molar-refractivity contribution < 1.29 is 0 Å². The topological polar surface area (TPSA) is 37.2 Å². The van der Waals surface area contributed by atoms with E-state index in [0.717, 1.165) is 51.0 Å². The monoisotopic (exact) mass is 257 g/mol. The fourth-order valence-electron chi connectivity index (χ4n) is 2.19. The quantitative estimate of drug-likeness (QED) is 0.739. The van der Waals surface area contributed by atoms with E-state index in [1.54, 1.807) is 6.33 Å². The number of alkyl halides is 1. The molecule has 0 saturated carbocycles. The fraction of sp³-hybridized carbons (Fsp3) is 0.818. The summed E-state index contributed by atoms with van der Waals surface area (Å²) in [4.78, 5) is 9.15. The van der Waals surface area contributed by atoms with Crippen molar-refractivity contribution in [3.8, 4) is 0 Å². The molecule has 1 fully saturated rings. The van der Waals surface area contributed by atoms with Crippen LogP contribution in [0.15, 0.2) is 6.33 Å². The lowest BCUT2D eigenvalue weighted by Crippen LogP contribution is -2.32. The molecule has 2 heterocycles. The molecule has 96 valence electrons. The van der Waals surface area contributed by atoms with Gasteiger partial charge in [0.25, 0.3) is 0 Å². The Bertz CT molecular complexity index is 340. The van der Waals surface area contributed by atoms with Gasteiger partial charge in [0.2, 0.25) is 0 Å². The molecule has 0 radical (unpaired) electrons. The Morgan fingerprint density at radius 1 is 1.24 bits per heavy atom. The van der Waals surface area contributed by atoms with Crippen molar-refractivity contribution in [1.82, 2.24) is 24.6 Å². The molecule has 0 aromatic carbocycles. The number of aromatic nitrogens is 3. The molecule has 1 saturated heterocycles. The summed E-state index contributed by atoms with van der Waals surface area (Å²) in [7, 11) is 1.94. The summed E-state index contributed by atoms with van der Waals surface area (Å²) >= 11 is 5.78. The van der Waals surface area contributed by atoms with Crippen LogP contribution in [0.4, 0.5) is 0 Å². The molecule has 1 aliphatic heterocycles. The third-order valence-electron chi connectivity index (χ3n) is 3.25. The molecule has 1 aromatic heterocycles. The second-order valence-electron chi connectivity index (χ2n) is 4.46. The minimum atomic E-state index is 0.725. The highest BCUT2D eigenvalue weighted by Gasteiger charge is 2.15. The maximum absolute atomic E-state index is 5.78. The minimum Gasteiger partial charge on any atom is -0.301 e. The normalized spacial score (nSPS) is 19.4. The molecule has 6 heteroatoms. The summed E-state index contributed by atoms with van der Waals surface area (Å²) in [6.45, 7) is 6.37. The molecule has 0 unspecified atom stereocenters. The maximum Gasteiger partial charge on any atom is 0.140 e. The second-order valence-corrected chi connectivity index (χ2v) is 4.84. The number of hydrogen-bond acceptors (Lipinski definition) is 4. The zero-order valence-corrected chi connectivity index (χ0v) is 11.1. The molecule has 1 aromatic rings. The Balaban J connectivity index is 1.85. The van der Waals surface area contributed by atoms with E-state index in [1.165, 1.54) is 6.42 Å². The molecular formula is C11H20ClN5. The molecule has 0 N–H and O–H groups in total. The Morgan fingerprint density at radius 2 is 2.00 bits per heavy atom. The van der Waals surface area contributed by atoms with Crippen molar-refractivity contribution in [1.29, 1.82) is 0 Å². The molecule has 0 atom stereocenters. The zero-order chi connectivity index (χ0) is 12.1. The molecule has 2 rings (SSSR count). The van der Waals surface area contributed by atoms with E-state index in [2.05, 4.69) is 19.9 Å². The van der Waals surface area contributed by atoms with Crippen LogP contribution in [0.2, 0.25) is 0 Å². The first-order valence-corrected chi connectivity index (χ1v) is 6.66. The van der Waals surface area contributed by atoms with Gasteiger partial charge in [-0.15, -0.1) is 11.6 Å². The van der Waals surface area contributed by atoms with Crippen molar-refractivity contribution >= 4 is 11.6 Å². The molecule has 1 aliphatic rings. The smallest absolute Gasteiger partial charge is 0.140 e. The molecular weight excluding hydrogens is 238 g/mol. The Morgan fingerprint density at radius 3 is 2.71 bits per heavy atom. The van der Waals surface area contributed by atoms with E-state index in [1.807, 2.05) is 11.7 Å².